The van der Waals surface area contributed by atoms with E-state index < -0.39 is 0 Å². The van der Waals surface area contributed by atoms with E-state index in [9.17, 15) is 4.79 Å². The fraction of sp³-hybridized carbons (Fsp3) is 0.312. The number of amides is 1. The molecule has 3 heteroatoms. The van der Waals surface area contributed by atoms with Crippen molar-refractivity contribution in [2.24, 2.45) is 0 Å². The Morgan fingerprint density at radius 2 is 2.00 bits per heavy atom. The van der Waals surface area contributed by atoms with E-state index in [1.54, 1.807) is 0 Å². The predicted molar refractivity (Wildman–Crippen MR) is 77.3 cm³/mol. The van der Waals surface area contributed by atoms with E-state index in [1.165, 1.54) is 0 Å². The SMILES string of the molecule is O=C(N[C@H]1CCCNC1)c1cccc2ccccc12. The highest BCUT2D eigenvalue weighted by atomic mass is 16.1. The van der Waals surface area contributed by atoms with Gasteiger partial charge in [0.25, 0.3) is 5.91 Å². The highest BCUT2D eigenvalue weighted by molar-refractivity contribution is 6.07. The fourth-order valence-electron chi connectivity index (χ4n) is 2.66. The first-order valence-electron chi connectivity index (χ1n) is 6.84. The van der Waals surface area contributed by atoms with Crippen molar-refractivity contribution in [3.63, 3.8) is 0 Å². The summed E-state index contributed by atoms with van der Waals surface area (Å²) in [5.41, 5.74) is 0.767. The van der Waals surface area contributed by atoms with Crippen LogP contribution in [0.2, 0.25) is 0 Å². The third-order valence-corrected chi connectivity index (χ3v) is 3.67. The Labute approximate surface area is 113 Å². The Bertz CT molecular complexity index is 583. The van der Waals surface area contributed by atoms with Gasteiger partial charge in [-0.25, -0.2) is 0 Å². The third kappa shape index (κ3) is 2.61. The Morgan fingerprint density at radius 1 is 1.16 bits per heavy atom. The van der Waals surface area contributed by atoms with Gasteiger partial charge in [-0.1, -0.05) is 36.4 Å². The Hall–Kier alpha value is -1.87. The van der Waals surface area contributed by atoms with Crippen LogP contribution in [0.15, 0.2) is 42.5 Å². The molecule has 0 bridgehead atoms. The molecule has 3 rings (SSSR count). The van der Waals surface area contributed by atoms with Crippen LogP contribution in [-0.2, 0) is 0 Å². The van der Waals surface area contributed by atoms with E-state index in [0.29, 0.717) is 0 Å². The van der Waals surface area contributed by atoms with Crippen LogP contribution in [0, 0.1) is 0 Å². The van der Waals surface area contributed by atoms with Gasteiger partial charge >= 0.3 is 0 Å². The standard InChI is InChI=1S/C16H18N2O/c19-16(18-13-7-4-10-17-11-13)15-9-3-6-12-5-1-2-8-14(12)15/h1-3,5-6,8-9,13,17H,4,7,10-11H2,(H,18,19)/t13-/m0/s1. The second-order valence-electron chi connectivity index (χ2n) is 5.04. The molecule has 0 aromatic heterocycles. The fourth-order valence-corrected chi connectivity index (χ4v) is 2.66. The molecule has 0 spiro atoms. The van der Waals surface area contributed by atoms with E-state index in [0.717, 1.165) is 42.3 Å². The first kappa shape index (κ1) is 12.2. The van der Waals surface area contributed by atoms with E-state index >= 15 is 0 Å². The maximum Gasteiger partial charge on any atom is 0.252 e. The van der Waals surface area contributed by atoms with Gasteiger partial charge < -0.3 is 10.6 Å². The molecule has 2 N–H and O–H groups in total. The van der Waals surface area contributed by atoms with Crippen LogP contribution in [-0.4, -0.2) is 25.0 Å². The highest BCUT2D eigenvalue weighted by Crippen LogP contribution is 2.18. The van der Waals surface area contributed by atoms with Gasteiger partial charge in [0, 0.05) is 18.2 Å². The predicted octanol–water partition coefficient (Wildman–Crippen LogP) is 2.32. The molecule has 0 unspecified atom stereocenters. The number of carbonyl (C=O) groups excluding carboxylic acids is 1. The van der Waals surface area contributed by atoms with Crippen LogP contribution < -0.4 is 10.6 Å². The van der Waals surface area contributed by atoms with Gasteiger partial charge in [-0.2, -0.15) is 0 Å². The molecule has 1 aliphatic heterocycles. The lowest BCUT2D eigenvalue weighted by atomic mass is 10.0. The molecule has 1 amide bonds. The summed E-state index contributed by atoms with van der Waals surface area (Å²) in [6.07, 6.45) is 2.18. The first-order chi connectivity index (χ1) is 9.34. The zero-order valence-electron chi connectivity index (χ0n) is 10.9. The third-order valence-electron chi connectivity index (χ3n) is 3.67. The maximum absolute atomic E-state index is 12.4. The van der Waals surface area contributed by atoms with E-state index in [4.69, 9.17) is 0 Å². The Balaban J connectivity index is 1.85. The van der Waals surface area contributed by atoms with E-state index in [2.05, 4.69) is 10.6 Å². The first-order valence-corrected chi connectivity index (χ1v) is 6.84. The average Bonchev–Trinajstić information content (AvgIpc) is 2.47. The summed E-state index contributed by atoms with van der Waals surface area (Å²) in [6, 6.07) is 14.1. The zero-order chi connectivity index (χ0) is 13.1. The number of rotatable bonds is 2. The summed E-state index contributed by atoms with van der Waals surface area (Å²) in [5.74, 6) is 0.0329. The number of piperidine rings is 1. The van der Waals surface area contributed by atoms with E-state index in [-0.39, 0.29) is 11.9 Å². The summed E-state index contributed by atoms with van der Waals surface area (Å²) in [7, 11) is 0. The van der Waals surface area contributed by atoms with Crippen LogP contribution in [0.3, 0.4) is 0 Å². The molecule has 1 fully saturated rings. The van der Waals surface area contributed by atoms with E-state index in [1.807, 2.05) is 42.5 Å². The van der Waals surface area contributed by atoms with Crippen LogP contribution in [0.4, 0.5) is 0 Å². The minimum atomic E-state index is 0.0329. The van der Waals surface area contributed by atoms with Gasteiger partial charge in [0.1, 0.15) is 0 Å². The molecule has 0 aliphatic carbocycles. The number of hydrogen-bond acceptors (Lipinski definition) is 2. The van der Waals surface area contributed by atoms with Gasteiger partial charge in [0.05, 0.1) is 0 Å². The number of benzene rings is 2. The molecular formula is C16H18N2O. The van der Waals surface area contributed by atoms with Gasteiger partial charge in [-0.15, -0.1) is 0 Å². The molecule has 1 heterocycles. The average molecular weight is 254 g/mol. The van der Waals surface area contributed by atoms with Crippen molar-refractivity contribution >= 4 is 16.7 Å². The minimum Gasteiger partial charge on any atom is -0.348 e. The van der Waals surface area contributed by atoms with Gasteiger partial charge in [0.15, 0.2) is 0 Å². The highest BCUT2D eigenvalue weighted by Gasteiger charge is 2.17. The van der Waals surface area contributed by atoms with Crippen molar-refractivity contribution < 1.29 is 4.79 Å². The van der Waals surface area contributed by atoms with Crippen molar-refractivity contribution in [3.05, 3.63) is 48.0 Å². The lowest BCUT2D eigenvalue weighted by Crippen LogP contribution is -2.45. The van der Waals surface area contributed by atoms with Gasteiger partial charge in [0.2, 0.25) is 0 Å². The molecule has 19 heavy (non-hydrogen) atoms. The van der Waals surface area contributed by atoms with Crippen LogP contribution in [0.5, 0.6) is 0 Å². The summed E-state index contributed by atoms with van der Waals surface area (Å²) in [4.78, 5) is 12.4. The lowest BCUT2D eigenvalue weighted by Gasteiger charge is -2.24. The number of hydrogen-bond donors (Lipinski definition) is 2. The molecule has 2 aromatic rings. The largest absolute Gasteiger partial charge is 0.348 e. The molecule has 1 aliphatic rings. The van der Waals surface area contributed by atoms with Crippen LogP contribution in [0.25, 0.3) is 10.8 Å². The topological polar surface area (TPSA) is 41.1 Å². The normalized spacial score (nSPS) is 19.3. The molecule has 1 saturated heterocycles. The molecule has 2 aromatic carbocycles. The second kappa shape index (κ2) is 5.41. The van der Waals surface area contributed by atoms with Crippen molar-refractivity contribution in [1.82, 2.24) is 10.6 Å². The molecule has 1 atom stereocenters. The summed E-state index contributed by atoms with van der Waals surface area (Å²) < 4.78 is 0. The molecule has 98 valence electrons. The van der Waals surface area contributed by atoms with Crippen molar-refractivity contribution in [1.29, 1.82) is 0 Å². The van der Waals surface area contributed by atoms with Crippen LogP contribution >= 0.6 is 0 Å². The van der Waals surface area contributed by atoms with Crippen molar-refractivity contribution in [2.45, 2.75) is 18.9 Å². The van der Waals surface area contributed by atoms with Crippen molar-refractivity contribution in [2.75, 3.05) is 13.1 Å². The maximum atomic E-state index is 12.4. The minimum absolute atomic E-state index is 0.0329. The molecular weight excluding hydrogens is 236 g/mol. The quantitative estimate of drug-likeness (QED) is 0.863. The lowest BCUT2D eigenvalue weighted by molar-refractivity contribution is 0.0932. The Morgan fingerprint density at radius 3 is 2.84 bits per heavy atom. The van der Waals surface area contributed by atoms with Crippen molar-refractivity contribution in [3.8, 4) is 0 Å². The summed E-state index contributed by atoms with van der Waals surface area (Å²) in [6.45, 7) is 1.93. The monoisotopic (exact) mass is 254 g/mol. The van der Waals surface area contributed by atoms with Crippen LogP contribution in [0.1, 0.15) is 23.2 Å². The molecule has 3 nitrogen and oxygen atoms in total. The number of nitrogens with one attached hydrogen (secondary N) is 2. The number of fused-ring (bicyclic) bond motifs is 1. The second-order valence-corrected chi connectivity index (χ2v) is 5.04. The summed E-state index contributed by atoms with van der Waals surface area (Å²) >= 11 is 0. The summed E-state index contributed by atoms with van der Waals surface area (Å²) in [5, 5.41) is 8.57. The number of carbonyl (C=O) groups is 1. The van der Waals surface area contributed by atoms with Gasteiger partial charge in [-0.05, 0) is 36.2 Å². The molecule has 0 radical (unpaired) electrons. The van der Waals surface area contributed by atoms with Gasteiger partial charge in [-0.3, -0.25) is 4.79 Å². The zero-order valence-corrected chi connectivity index (χ0v) is 10.9. The Kier molecular flexibility index (Phi) is 3.47. The smallest absolute Gasteiger partial charge is 0.252 e. The molecule has 0 saturated carbocycles.